The topological polar surface area (TPSA) is 45.8 Å². The van der Waals surface area contributed by atoms with Crippen molar-refractivity contribution in [3.05, 3.63) is 70.7 Å². The van der Waals surface area contributed by atoms with Crippen molar-refractivity contribution in [2.45, 2.75) is 5.75 Å². The number of thioether (sulfide) groups is 1. The van der Waals surface area contributed by atoms with Gasteiger partial charge in [0.2, 0.25) is 0 Å². The van der Waals surface area contributed by atoms with Crippen LogP contribution in [0.15, 0.2) is 57.9 Å². The van der Waals surface area contributed by atoms with Gasteiger partial charge in [-0.3, -0.25) is 14.7 Å². The van der Waals surface area contributed by atoms with Crippen LogP contribution in [0.2, 0.25) is 5.02 Å². The third-order valence-electron chi connectivity index (χ3n) is 4.09. The van der Waals surface area contributed by atoms with Crippen molar-refractivity contribution in [1.29, 1.82) is 0 Å². The molecule has 26 heavy (non-hydrogen) atoms. The molecule has 0 bridgehead atoms. The summed E-state index contributed by atoms with van der Waals surface area (Å²) in [5, 5.41) is 1.79. The second-order valence-electron chi connectivity index (χ2n) is 5.76. The van der Waals surface area contributed by atoms with Crippen molar-refractivity contribution in [3.63, 3.8) is 0 Å². The quantitative estimate of drug-likeness (QED) is 0.636. The molecule has 0 radical (unpaired) electrons. The summed E-state index contributed by atoms with van der Waals surface area (Å²) in [6.45, 7) is 0.989. The van der Waals surface area contributed by atoms with Gasteiger partial charge in [-0.25, -0.2) is 4.39 Å². The van der Waals surface area contributed by atoms with Gasteiger partial charge in [0.15, 0.2) is 10.9 Å². The summed E-state index contributed by atoms with van der Waals surface area (Å²) in [6.07, 6.45) is 0. The van der Waals surface area contributed by atoms with Gasteiger partial charge in [-0.1, -0.05) is 47.6 Å². The van der Waals surface area contributed by atoms with Crippen molar-refractivity contribution in [2.24, 2.45) is 4.99 Å². The fourth-order valence-electron chi connectivity index (χ4n) is 2.77. The van der Waals surface area contributed by atoms with E-state index in [1.54, 1.807) is 23.1 Å². The van der Waals surface area contributed by atoms with E-state index in [-0.39, 0.29) is 17.5 Å². The Kier molecular flexibility index (Phi) is 4.70. The van der Waals surface area contributed by atoms with Crippen LogP contribution in [0, 0.1) is 5.82 Å². The second-order valence-corrected chi connectivity index (χ2v) is 7.11. The molecule has 4 rings (SSSR count). The number of aliphatic imine (C=N–C) groups is 1. The van der Waals surface area contributed by atoms with Crippen molar-refractivity contribution in [1.82, 2.24) is 4.90 Å². The number of hydrogen-bond donors (Lipinski definition) is 0. The largest absolute Gasteiger partial charge is 0.451 e. The molecule has 0 atom stereocenters. The molecule has 4 nitrogen and oxygen atoms in total. The third kappa shape index (κ3) is 3.22. The molecule has 0 N–H and O–H groups in total. The van der Waals surface area contributed by atoms with E-state index in [1.807, 2.05) is 24.3 Å². The van der Waals surface area contributed by atoms with Crippen LogP contribution < -0.4 is 0 Å². The van der Waals surface area contributed by atoms with Crippen LogP contribution in [0.4, 0.5) is 4.39 Å². The van der Waals surface area contributed by atoms with Gasteiger partial charge in [0.1, 0.15) is 11.4 Å². The maximum atomic E-state index is 13.9. The minimum Gasteiger partial charge on any atom is -0.451 e. The Hall–Kier alpha value is -2.31. The zero-order valence-corrected chi connectivity index (χ0v) is 15.2. The number of nitrogens with zero attached hydrogens (tertiary/aromatic N) is 2. The number of rotatable bonds is 3. The summed E-state index contributed by atoms with van der Waals surface area (Å²) in [4.78, 5) is 18.7. The standard InChI is InChI=1S/C19H14ClFN2O2S/c20-14-5-3-6-15(21)13(14)11-26-19-22-8-9-23(19)18(24)17-10-12-4-1-2-7-16(12)25-17/h1-7,10H,8-9,11H2. The molecule has 0 spiro atoms. The zero-order valence-electron chi connectivity index (χ0n) is 13.6. The first kappa shape index (κ1) is 17.1. The zero-order chi connectivity index (χ0) is 18.1. The molecule has 1 aliphatic rings. The summed E-state index contributed by atoms with van der Waals surface area (Å²) < 4.78 is 19.6. The summed E-state index contributed by atoms with van der Waals surface area (Å²) in [5.41, 5.74) is 1.07. The van der Waals surface area contributed by atoms with E-state index in [9.17, 15) is 9.18 Å². The SMILES string of the molecule is O=C(c1cc2ccccc2o1)N1CCN=C1SCc1c(F)cccc1Cl. The smallest absolute Gasteiger partial charge is 0.295 e. The van der Waals surface area contributed by atoms with Crippen LogP contribution in [0.5, 0.6) is 0 Å². The van der Waals surface area contributed by atoms with Crippen molar-refractivity contribution >= 4 is 45.4 Å². The lowest BCUT2D eigenvalue weighted by molar-refractivity contribution is 0.0833. The lowest BCUT2D eigenvalue weighted by Gasteiger charge is -2.16. The Morgan fingerprint density at radius 3 is 2.92 bits per heavy atom. The van der Waals surface area contributed by atoms with Gasteiger partial charge in [0.05, 0.1) is 6.54 Å². The van der Waals surface area contributed by atoms with Crippen LogP contribution in [0.1, 0.15) is 16.1 Å². The lowest BCUT2D eigenvalue weighted by atomic mass is 10.2. The molecule has 0 fully saturated rings. The number of para-hydroxylation sites is 1. The predicted octanol–water partition coefficient (Wildman–Crippen LogP) is 4.97. The van der Waals surface area contributed by atoms with Gasteiger partial charge >= 0.3 is 0 Å². The monoisotopic (exact) mass is 388 g/mol. The van der Waals surface area contributed by atoms with E-state index in [2.05, 4.69) is 4.99 Å². The van der Waals surface area contributed by atoms with Gasteiger partial charge in [-0.05, 0) is 24.3 Å². The number of carbonyl (C=O) groups excluding carboxylic acids is 1. The molecule has 1 amide bonds. The van der Waals surface area contributed by atoms with Gasteiger partial charge in [-0.2, -0.15) is 0 Å². The summed E-state index contributed by atoms with van der Waals surface area (Å²) >= 11 is 7.36. The highest BCUT2D eigenvalue weighted by Gasteiger charge is 2.28. The molecule has 0 saturated carbocycles. The van der Waals surface area contributed by atoms with E-state index in [1.165, 1.54) is 17.8 Å². The van der Waals surface area contributed by atoms with E-state index < -0.39 is 0 Å². The van der Waals surface area contributed by atoms with Gasteiger partial charge in [-0.15, -0.1) is 0 Å². The lowest BCUT2D eigenvalue weighted by Crippen LogP contribution is -2.32. The number of furan rings is 1. The van der Waals surface area contributed by atoms with E-state index in [0.29, 0.717) is 40.2 Å². The first-order valence-corrected chi connectivity index (χ1v) is 9.40. The molecule has 0 unspecified atom stereocenters. The van der Waals surface area contributed by atoms with Crippen LogP contribution in [-0.4, -0.2) is 29.1 Å². The van der Waals surface area contributed by atoms with Crippen LogP contribution in [0.25, 0.3) is 11.0 Å². The molecule has 2 aromatic carbocycles. The Morgan fingerprint density at radius 1 is 1.27 bits per heavy atom. The minimum absolute atomic E-state index is 0.246. The first-order valence-electron chi connectivity index (χ1n) is 8.04. The number of amidine groups is 1. The highest BCUT2D eigenvalue weighted by atomic mass is 35.5. The Bertz CT molecular complexity index is 964. The maximum absolute atomic E-state index is 13.9. The van der Waals surface area contributed by atoms with Gasteiger partial charge in [0, 0.05) is 28.3 Å². The Balaban J connectivity index is 1.52. The number of benzene rings is 2. The first-order chi connectivity index (χ1) is 12.6. The highest BCUT2D eigenvalue weighted by molar-refractivity contribution is 8.13. The average Bonchev–Trinajstić information content (AvgIpc) is 3.27. The molecular weight excluding hydrogens is 375 g/mol. The van der Waals surface area contributed by atoms with E-state index in [4.69, 9.17) is 16.0 Å². The summed E-state index contributed by atoms with van der Waals surface area (Å²) in [7, 11) is 0. The number of hydrogen-bond acceptors (Lipinski definition) is 4. The molecule has 132 valence electrons. The number of amides is 1. The molecule has 7 heteroatoms. The molecule has 1 aromatic heterocycles. The van der Waals surface area contributed by atoms with Crippen LogP contribution >= 0.6 is 23.4 Å². The van der Waals surface area contributed by atoms with E-state index >= 15 is 0 Å². The predicted molar refractivity (Wildman–Crippen MR) is 102 cm³/mol. The van der Waals surface area contributed by atoms with Crippen molar-refractivity contribution < 1.29 is 13.6 Å². The normalized spacial score (nSPS) is 14.1. The average molecular weight is 389 g/mol. The van der Waals surface area contributed by atoms with E-state index in [0.717, 1.165) is 5.39 Å². The van der Waals surface area contributed by atoms with Crippen LogP contribution in [0.3, 0.4) is 0 Å². The fourth-order valence-corrected chi connectivity index (χ4v) is 4.15. The molecular formula is C19H14ClFN2O2S. The summed E-state index contributed by atoms with van der Waals surface area (Å²) in [5.74, 6) is -0.0394. The number of halogens is 2. The highest BCUT2D eigenvalue weighted by Crippen LogP contribution is 2.28. The van der Waals surface area contributed by atoms with Crippen LogP contribution in [-0.2, 0) is 5.75 Å². The third-order valence-corrected chi connectivity index (χ3v) is 5.49. The molecule has 1 aliphatic heterocycles. The number of fused-ring (bicyclic) bond motifs is 1. The molecule has 0 aliphatic carbocycles. The minimum atomic E-state index is -0.362. The molecule has 3 aromatic rings. The Morgan fingerprint density at radius 2 is 2.12 bits per heavy atom. The number of carbonyl (C=O) groups is 1. The maximum Gasteiger partial charge on any atom is 0.295 e. The second kappa shape index (κ2) is 7.13. The van der Waals surface area contributed by atoms with Gasteiger partial charge < -0.3 is 4.42 Å². The molecule has 2 heterocycles. The molecule has 0 saturated heterocycles. The van der Waals surface area contributed by atoms with Crippen molar-refractivity contribution in [3.8, 4) is 0 Å². The van der Waals surface area contributed by atoms with Crippen molar-refractivity contribution in [2.75, 3.05) is 13.1 Å². The Labute approximate surface area is 158 Å². The van der Waals surface area contributed by atoms with Gasteiger partial charge in [0.25, 0.3) is 5.91 Å². The fraction of sp³-hybridized carbons (Fsp3) is 0.158. The summed E-state index contributed by atoms with van der Waals surface area (Å²) in [6, 6.07) is 13.8.